The van der Waals surface area contributed by atoms with Gasteiger partial charge in [0.15, 0.2) is 5.82 Å². The molecule has 0 spiro atoms. The first-order chi connectivity index (χ1) is 15.9. The molecule has 0 unspecified atom stereocenters. The molecule has 1 atom stereocenters. The van der Waals surface area contributed by atoms with Crippen molar-refractivity contribution in [3.63, 3.8) is 0 Å². The van der Waals surface area contributed by atoms with Crippen molar-refractivity contribution >= 4 is 11.9 Å². The van der Waals surface area contributed by atoms with E-state index in [4.69, 9.17) is 14.4 Å². The Bertz CT molecular complexity index is 895. The molecule has 0 aliphatic carbocycles. The second-order valence-electron chi connectivity index (χ2n) is 8.84. The standard InChI is InChI=1S/C23H35N5O5/c1-15(2)21-26-23(33-27-21)28-10-8-17(9-11-28)5-4-12-32-20-7-6-19(16(3)25-20)22(31)24-13-18(30)14-29/h6-7,15,17-18,29-30H,4-5,8-14H2,1-3H3,(H,24,31)/t18-/m0/s1. The van der Waals surface area contributed by atoms with Crippen LogP contribution >= 0.6 is 0 Å². The fraction of sp³-hybridized carbons (Fsp3) is 0.652. The zero-order valence-electron chi connectivity index (χ0n) is 19.7. The van der Waals surface area contributed by atoms with Crippen molar-refractivity contribution in [3.8, 4) is 5.88 Å². The van der Waals surface area contributed by atoms with E-state index in [-0.39, 0.29) is 18.4 Å². The van der Waals surface area contributed by atoms with Crippen molar-refractivity contribution in [1.82, 2.24) is 20.4 Å². The molecule has 1 fully saturated rings. The molecule has 10 nitrogen and oxygen atoms in total. The second-order valence-corrected chi connectivity index (χ2v) is 8.84. The molecule has 2 aromatic heterocycles. The molecule has 3 N–H and O–H groups in total. The van der Waals surface area contributed by atoms with Crippen molar-refractivity contribution in [3.05, 3.63) is 29.2 Å². The van der Waals surface area contributed by atoms with Crippen molar-refractivity contribution in [2.75, 3.05) is 37.7 Å². The number of pyridine rings is 1. The van der Waals surface area contributed by atoms with Gasteiger partial charge >= 0.3 is 6.01 Å². The van der Waals surface area contributed by atoms with E-state index in [0.717, 1.165) is 44.6 Å². The lowest BCUT2D eigenvalue weighted by Gasteiger charge is -2.30. The van der Waals surface area contributed by atoms with E-state index < -0.39 is 12.7 Å². The highest BCUT2D eigenvalue weighted by molar-refractivity contribution is 5.95. The van der Waals surface area contributed by atoms with Crippen molar-refractivity contribution in [2.24, 2.45) is 5.92 Å². The number of piperidine rings is 1. The Labute approximate surface area is 194 Å². The molecule has 3 rings (SSSR count). The molecule has 1 saturated heterocycles. The number of nitrogens with zero attached hydrogens (tertiary/aromatic N) is 4. The lowest BCUT2D eigenvalue weighted by molar-refractivity contribution is 0.0801. The number of aliphatic hydroxyl groups is 2. The molecule has 10 heteroatoms. The third-order valence-corrected chi connectivity index (χ3v) is 5.85. The van der Waals surface area contributed by atoms with Crippen LogP contribution in [0.2, 0.25) is 0 Å². The highest BCUT2D eigenvalue weighted by Gasteiger charge is 2.23. The second kappa shape index (κ2) is 11.9. The number of aliphatic hydroxyl groups excluding tert-OH is 2. The highest BCUT2D eigenvalue weighted by atomic mass is 16.5. The van der Waals surface area contributed by atoms with E-state index in [1.807, 2.05) is 0 Å². The Morgan fingerprint density at radius 1 is 1.30 bits per heavy atom. The molecule has 2 aromatic rings. The topological polar surface area (TPSA) is 134 Å². The van der Waals surface area contributed by atoms with Crippen molar-refractivity contribution in [2.45, 2.75) is 58.5 Å². The van der Waals surface area contributed by atoms with Gasteiger partial charge in [0, 0.05) is 31.6 Å². The first-order valence-corrected chi connectivity index (χ1v) is 11.6. The minimum atomic E-state index is -0.978. The molecule has 3 heterocycles. The van der Waals surface area contributed by atoms with E-state index in [1.165, 1.54) is 0 Å². The normalized spacial score (nSPS) is 15.6. The van der Waals surface area contributed by atoms with Crippen LogP contribution in [0.3, 0.4) is 0 Å². The predicted molar refractivity (Wildman–Crippen MR) is 122 cm³/mol. The van der Waals surface area contributed by atoms with Gasteiger partial charge < -0.3 is 29.7 Å². The van der Waals surface area contributed by atoms with Crippen LogP contribution in [0.1, 0.15) is 67.3 Å². The SMILES string of the molecule is Cc1nc(OCCCC2CCN(c3nc(C(C)C)no3)CC2)ccc1C(=O)NC[C@H](O)CO. The first kappa shape index (κ1) is 24.9. The van der Waals surface area contributed by atoms with E-state index in [2.05, 4.69) is 39.2 Å². The number of ether oxygens (including phenoxy) is 1. The zero-order valence-corrected chi connectivity index (χ0v) is 19.7. The summed E-state index contributed by atoms with van der Waals surface area (Å²) in [7, 11) is 0. The van der Waals surface area contributed by atoms with Crippen LogP contribution in [0.5, 0.6) is 5.88 Å². The van der Waals surface area contributed by atoms with Gasteiger partial charge in [-0.25, -0.2) is 4.98 Å². The Balaban J connectivity index is 1.36. The Morgan fingerprint density at radius 2 is 2.06 bits per heavy atom. The fourth-order valence-electron chi connectivity index (χ4n) is 3.78. The lowest BCUT2D eigenvalue weighted by atomic mass is 9.92. The minimum Gasteiger partial charge on any atom is -0.478 e. The Morgan fingerprint density at radius 3 is 2.70 bits per heavy atom. The number of anilines is 1. The van der Waals surface area contributed by atoms with Crippen LogP contribution in [0, 0.1) is 12.8 Å². The van der Waals surface area contributed by atoms with Crippen LogP contribution in [-0.4, -0.2) is 70.2 Å². The molecule has 33 heavy (non-hydrogen) atoms. The zero-order chi connectivity index (χ0) is 23.8. The molecule has 0 aromatic carbocycles. The van der Waals surface area contributed by atoms with Gasteiger partial charge in [-0.3, -0.25) is 4.79 Å². The van der Waals surface area contributed by atoms with E-state index in [9.17, 15) is 9.90 Å². The quantitative estimate of drug-likeness (QED) is 0.430. The Hall–Kier alpha value is -2.72. The summed E-state index contributed by atoms with van der Waals surface area (Å²) in [6.07, 6.45) is 3.22. The van der Waals surface area contributed by atoms with E-state index >= 15 is 0 Å². The first-order valence-electron chi connectivity index (χ1n) is 11.6. The minimum absolute atomic E-state index is 0.0140. The van der Waals surface area contributed by atoms with Crippen molar-refractivity contribution in [1.29, 1.82) is 0 Å². The molecule has 1 amide bonds. The number of carbonyl (C=O) groups excluding carboxylic acids is 1. The maximum absolute atomic E-state index is 12.2. The maximum atomic E-state index is 12.2. The largest absolute Gasteiger partial charge is 0.478 e. The third-order valence-electron chi connectivity index (χ3n) is 5.85. The highest BCUT2D eigenvalue weighted by Crippen LogP contribution is 2.26. The third kappa shape index (κ3) is 7.13. The van der Waals surface area contributed by atoms with Gasteiger partial charge in [-0.1, -0.05) is 19.0 Å². The summed E-state index contributed by atoms with van der Waals surface area (Å²) in [6.45, 7) is 7.85. The van der Waals surface area contributed by atoms with Crippen LogP contribution in [-0.2, 0) is 0 Å². The fourth-order valence-corrected chi connectivity index (χ4v) is 3.78. The summed E-state index contributed by atoms with van der Waals surface area (Å²) in [4.78, 5) is 23.2. The molecule has 0 saturated carbocycles. The van der Waals surface area contributed by atoms with Crippen LogP contribution in [0.15, 0.2) is 16.7 Å². The maximum Gasteiger partial charge on any atom is 0.324 e. The van der Waals surface area contributed by atoms with Crippen LogP contribution in [0.4, 0.5) is 6.01 Å². The van der Waals surface area contributed by atoms with Gasteiger partial charge in [-0.05, 0) is 44.6 Å². The number of nitrogens with one attached hydrogen (secondary N) is 1. The number of hydrogen-bond acceptors (Lipinski definition) is 9. The summed E-state index contributed by atoms with van der Waals surface area (Å²) in [5.74, 6) is 1.81. The summed E-state index contributed by atoms with van der Waals surface area (Å²) in [6, 6.07) is 3.97. The molecular formula is C23H35N5O5. The molecule has 1 aliphatic rings. The summed E-state index contributed by atoms with van der Waals surface area (Å²) < 4.78 is 11.2. The van der Waals surface area contributed by atoms with E-state index in [0.29, 0.717) is 35.7 Å². The van der Waals surface area contributed by atoms with Gasteiger partial charge in [0.25, 0.3) is 5.91 Å². The van der Waals surface area contributed by atoms with Gasteiger partial charge in [-0.15, -0.1) is 0 Å². The summed E-state index contributed by atoms with van der Waals surface area (Å²) in [5, 5.41) is 24.8. The monoisotopic (exact) mass is 461 g/mol. The van der Waals surface area contributed by atoms with Gasteiger partial charge in [-0.2, -0.15) is 4.98 Å². The number of hydrogen-bond donors (Lipinski definition) is 3. The molecule has 182 valence electrons. The molecular weight excluding hydrogens is 426 g/mol. The Kier molecular flexibility index (Phi) is 9.02. The van der Waals surface area contributed by atoms with Gasteiger partial charge in [0.05, 0.1) is 30.6 Å². The summed E-state index contributed by atoms with van der Waals surface area (Å²) >= 11 is 0. The predicted octanol–water partition coefficient (Wildman–Crippen LogP) is 2.06. The van der Waals surface area contributed by atoms with Crippen LogP contribution < -0.4 is 15.0 Å². The number of aryl methyl sites for hydroxylation is 1. The molecule has 0 bridgehead atoms. The smallest absolute Gasteiger partial charge is 0.324 e. The van der Waals surface area contributed by atoms with Crippen LogP contribution in [0.25, 0.3) is 0 Å². The molecule has 1 aliphatic heterocycles. The van der Waals surface area contributed by atoms with Gasteiger partial charge in [0.1, 0.15) is 0 Å². The number of amides is 1. The van der Waals surface area contributed by atoms with Crippen molar-refractivity contribution < 1.29 is 24.3 Å². The average Bonchev–Trinajstić information content (AvgIpc) is 3.31. The van der Waals surface area contributed by atoms with E-state index in [1.54, 1.807) is 19.1 Å². The number of aromatic nitrogens is 3. The summed E-state index contributed by atoms with van der Waals surface area (Å²) in [5.41, 5.74) is 0.971. The number of rotatable bonds is 11. The lowest BCUT2D eigenvalue weighted by Crippen LogP contribution is -2.34. The number of carbonyl (C=O) groups is 1. The average molecular weight is 462 g/mol. The van der Waals surface area contributed by atoms with Gasteiger partial charge in [0.2, 0.25) is 5.88 Å². The molecule has 0 radical (unpaired) electrons.